The predicted octanol–water partition coefficient (Wildman–Crippen LogP) is 1.49. The number of hydrogen-bond donors (Lipinski definition) is 3. The molecule has 0 heterocycles. The van der Waals surface area contributed by atoms with Gasteiger partial charge in [0.2, 0.25) is 0 Å². The number of phenolic OH excluding ortho intramolecular Hbond substituents is 1. The summed E-state index contributed by atoms with van der Waals surface area (Å²) in [5.74, 6) is -0.541. The highest BCUT2D eigenvalue weighted by Crippen LogP contribution is 2.21. The zero-order valence-corrected chi connectivity index (χ0v) is 11.9. The van der Waals surface area contributed by atoms with E-state index in [2.05, 4.69) is 5.32 Å². The molecular weight excluding hydrogens is 247 g/mol. The van der Waals surface area contributed by atoms with Crippen molar-refractivity contribution < 1.29 is 14.6 Å². The van der Waals surface area contributed by atoms with E-state index in [1.165, 1.54) is 6.07 Å². The largest absolute Gasteiger partial charge is 0.508 e. The highest BCUT2D eigenvalue weighted by atomic mass is 19.1. The van der Waals surface area contributed by atoms with Crippen LogP contribution in [0, 0.1) is 5.82 Å². The van der Waals surface area contributed by atoms with Crippen molar-refractivity contribution in [1.29, 1.82) is 0 Å². The van der Waals surface area contributed by atoms with Crippen LogP contribution in [0.4, 0.5) is 4.39 Å². The Morgan fingerprint density at radius 1 is 1.42 bits per heavy atom. The molecule has 5 heteroatoms. The molecule has 0 radical (unpaired) electrons. The highest BCUT2D eigenvalue weighted by molar-refractivity contribution is 5.29. The molecule has 2 unspecified atom stereocenters. The minimum absolute atomic E-state index is 0.0898. The lowest BCUT2D eigenvalue weighted by atomic mass is 10.0. The van der Waals surface area contributed by atoms with E-state index in [9.17, 15) is 14.6 Å². The summed E-state index contributed by atoms with van der Waals surface area (Å²) in [5.41, 5.74) is -0.413. The van der Waals surface area contributed by atoms with Crippen LogP contribution in [0.15, 0.2) is 18.2 Å². The van der Waals surface area contributed by atoms with Gasteiger partial charge in [0.15, 0.2) is 0 Å². The molecular formula is C14H23FN2O2. The summed E-state index contributed by atoms with van der Waals surface area (Å²) in [4.78, 5) is 1.90. The molecule has 4 nitrogen and oxygen atoms in total. The third-order valence-electron chi connectivity index (χ3n) is 2.90. The van der Waals surface area contributed by atoms with Crippen LogP contribution in [0.2, 0.25) is 0 Å². The summed E-state index contributed by atoms with van der Waals surface area (Å²) in [7, 11) is 3.77. The Kier molecular flexibility index (Phi) is 5.29. The van der Waals surface area contributed by atoms with E-state index in [1.807, 2.05) is 25.9 Å². The van der Waals surface area contributed by atoms with Gasteiger partial charge in [-0.25, -0.2) is 4.39 Å². The van der Waals surface area contributed by atoms with Gasteiger partial charge < -0.3 is 20.4 Å². The fourth-order valence-corrected chi connectivity index (χ4v) is 2.09. The van der Waals surface area contributed by atoms with E-state index in [0.717, 1.165) is 6.07 Å². The maximum Gasteiger partial charge on any atom is 0.131 e. The molecule has 1 rings (SSSR count). The van der Waals surface area contributed by atoms with Gasteiger partial charge in [-0.1, -0.05) is 6.07 Å². The average molecular weight is 270 g/mol. The van der Waals surface area contributed by atoms with Crippen molar-refractivity contribution in [3.63, 3.8) is 0 Å². The summed E-state index contributed by atoms with van der Waals surface area (Å²) >= 11 is 0. The van der Waals surface area contributed by atoms with Gasteiger partial charge in [-0.05, 0) is 34.0 Å². The zero-order valence-electron chi connectivity index (χ0n) is 11.9. The zero-order chi connectivity index (χ0) is 14.6. The van der Waals surface area contributed by atoms with Crippen molar-refractivity contribution in [3.05, 3.63) is 29.6 Å². The molecule has 2 atom stereocenters. The lowest BCUT2D eigenvalue weighted by Crippen LogP contribution is -2.46. The minimum atomic E-state index is -0.884. The Morgan fingerprint density at radius 3 is 2.58 bits per heavy atom. The van der Waals surface area contributed by atoms with Gasteiger partial charge in [-0.15, -0.1) is 0 Å². The molecule has 0 fully saturated rings. The maximum absolute atomic E-state index is 13.7. The van der Waals surface area contributed by atoms with Crippen molar-refractivity contribution in [2.75, 3.05) is 27.2 Å². The molecule has 108 valence electrons. The van der Waals surface area contributed by atoms with Crippen molar-refractivity contribution in [2.24, 2.45) is 0 Å². The Morgan fingerprint density at radius 2 is 2.05 bits per heavy atom. The van der Waals surface area contributed by atoms with Crippen LogP contribution in [0.1, 0.15) is 25.5 Å². The molecule has 1 aromatic carbocycles. The molecule has 0 amide bonds. The van der Waals surface area contributed by atoms with Crippen LogP contribution in [0.3, 0.4) is 0 Å². The molecule has 0 aliphatic carbocycles. The number of halogens is 1. The molecule has 0 bridgehead atoms. The maximum atomic E-state index is 13.7. The van der Waals surface area contributed by atoms with Gasteiger partial charge in [0.1, 0.15) is 11.6 Å². The Hall–Kier alpha value is -1.17. The molecule has 3 N–H and O–H groups in total. The van der Waals surface area contributed by atoms with Gasteiger partial charge in [-0.3, -0.25) is 0 Å². The Labute approximate surface area is 113 Å². The lowest BCUT2D eigenvalue weighted by Gasteiger charge is -2.29. The second-order valence-corrected chi connectivity index (χ2v) is 5.54. The van der Waals surface area contributed by atoms with Crippen molar-refractivity contribution >= 4 is 0 Å². The first-order chi connectivity index (χ1) is 8.71. The van der Waals surface area contributed by atoms with Gasteiger partial charge in [-0.2, -0.15) is 0 Å². The molecule has 19 heavy (non-hydrogen) atoms. The number of phenols is 1. The molecule has 0 saturated carbocycles. The number of aliphatic hydroxyl groups is 1. The highest BCUT2D eigenvalue weighted by Gasteiger charge is 2.22. The second-order valence-electron chi connectivity index (χ2n) is 5.54. The number of rotatable bonds is 6. The van der Waals surface area contributed by atoms with E-state index in [1.54, 1.807) is 13.0 Å². The summed E-state index contributed by atoms with van der Waals surface area (Å²) in [6.07, 6.45) is 0. The standard InChI is InChI=1S/C14H23FN2O2/c1-10(12-6-5-11(18)7-13(12)15)16-8-14(2,19)9-17(3)4/h5-7,10,16,18-19H,8-9H2,1-4H3. The van der Waals surface area contributed by atoms with E-state index < -0.39 is 11.4 Å². The van der Waals surface area contributed by atoms with Gasteiger partial charge in [0.05, 0.1) is 5.60 Å². The topological polar surface area (TPSA) is 55.7 Å². The fraction of sp³-hybridized carbons (Fsp3) is 0.571. The van der Waals surface area contributed by atoms with E-state index in [0.29, 0.717) is 18.7 Å². The van der Waals surface area contributed by atoms with Crippen molar-refractivity contribution in [1.82, 2.24) is 10.2 Å². The first-order valence-corrected chi connectivity index (χ1v) is 6.30. The SMILES string of the molecule is CC(NCC(C)(O)CN(C)C)c1ccc(O)cc1F. The van der Waals surface area contributed by atoms with Crippen molar-refractivity contribution in [3.8, 4) is 5.75 Å². The number of benzene rings is 1. The lowest BCUT2D eigenvalue weighted by molar-refractivity contribution is 0.0316. The Balaban J connectivity index is 2.62. The molecule has 0 aliphatic rings. The number of aromatic hydroxyl groups is 1. The second kappa shape index (κ2) is 6.32. The van der Waals surface area contributed by atoms with Crippen molar-refractivity contribution in [2.45, 2.75) is 25.5 Å². The summed E-state index contributed by atoms with van der Waals surface area (Å²) < 4.78 is 13.7. The number of likely N-dealkylation sites (N-methyl/N-ethyl adjacent to an activating group) is 1. The fourth-order valence-electron chi connectivity index (χ4n) is 2.09. The summed E-state index contributed by atoms with van der Waals surface area (Å²) in [5, 5.41) is 22.4. The smallest absolute Gasteiger partial charge is 0.131 e. The predicted molar refractivity (Wildman–Crippen MR) is 73.7 cm³/mol. The third kappa shape index (κ3) is 5.14. The van der Waals surface area contributed by atoms with Gasteiger partial charge >= 0.3 is 0 Å². The van der Waals surface area contributed by atoms with Crippen LogP contribution in [-0.2, 0) is 0 Å². The number of nitrogens with one attached hydrogen (secondary N) is 1. The van der Waals surface area contributed by atoms with Crippen LogP contribution in [0.5, 0.6) is 5.75 Å². The molecule has 0 spiro atoms. The van der Waals surface area contributed by atoms with E-state index in [-0.39, 0.29) is 11.8 Å². The molecule has 0 aliphatic heterocycles. The Bertz CT molecular complexity index is 422. The van der Waals surface area contributed by atoms with E-state index in [4.69, 9.17) is 0 Å². The first-order valence-electron chi connectivity index (χ1n) is 6.30. The first kappa shape index (κ1) is 15.9. The average Bonchev–Trinajstić information content (AvgIpc) is 2.24. The van der Waals surface area contributed by atoms with E-state index >= 15 is 0 Å². The third-order valence-corrected chi connectivity index (χ3v) is 2.90. The molecule has 1 aromatic rings. The minimum Gasteiger partial charge on any atom is -0.508 e. The van der Waals surface area contributed by atoms with Gasteiger partial charge in [0, 0.05) is 30.8 Å². The van der Waals surface area contributed by atoms with Crippen LogP contribution < -0.4 is 5.32 Å². The van der Waals surface area contributed by atoms with Gasteiger partial charge in [0.25, 0.3) is 0 Å². The monoisotopic (exact) mass is 270 g/mol. The quantitative estimate of drug-likeness (QED) is 0.733. The van der Waals surface area contributed by atoms with Crippen LogP contribution in [0.25, 0.3) is 0 Å². The van der Waals surface area contributed by atoms with Crippen LogP contribution >= 0.6 is 0 Å². The molecule has 0 saturated heterocycles. The normalized spacial score (nSPS) is 16.4. The molecule has 0 aromatic heterocycles. The number of nitrogens with zero attached hydrogens (tertiary/aromatic N) is 1. The summed E-state index contributed by atoms with van der Waals surface area (Å²) in [6, 6.07) is 3.84. The van der Waals surface area contributed by atoms with Crippen LogP contribution in [-0.4, -0.2) is 47.9 Å². The number of hydrogen-bond acceptors (Lipinski definition) is 4. The summed E-state index contributed by atoms with van der Waals surface area (Å²) in [6.45, 7) is 4.43.